The molecule has 0 bridgehead atoms. The first-order valence-electron chi connectivity index (χ1n) is 4.24. The van der Waals surface area contributed by atoms with Crippen molar-refractivity contribution in [3.8, 4) is 0 Å². The van der Waals surface area contributed by atoms with E-state index in [4.69, 9.17) is 0 Å². The van der Waals surface area contributed by atoms with Gasteiger partial charge in [0.1, 0.15) is 0 Å². The van der Waals surface area contributed by atoms with E-state index in [1.54, 1.807) is 14.0 Å². The van der Waals surface area contributed by atoms with Gasteiger partial charge in [-0.3, -0.25) is 0 Å². The molecule has 0 aromatic heterocycles. The Hall–Kier alpha value is -0.0900. The molecule has 0 aromatic carbocycles. The molecule has 12 heavy (non-hydrogen) atoms. The highest BCUT2D eigenvalue weighted by molar-refractivity contribution is 7.89. The molecule has 74 valence electrons. The molecule has 0 rings (SSSR count). The molecule has 0 N–H and O–H groups in total. The van der Waals surface area contributed by atoms with Gasteiger partial charge in [-0.05, 0) is 27.2 Å². The fraction of sp³-hybridized carbons (Fsp3) is 1.00. The van der Waals surface area contributed by atoms with Gasteiger partial charge in [-0.25, -0.2) is 8.42 Å². The van der Waals surface area contributed by atoms with Crippen LogP contribution in [-0.2, 0) is 10.0 Å². The maximum Gasteiger partial charge on any atom is 0.214 e. The predicted molar refractivity (Wildman–Crippen MR) is 51.6 cm³/mol. The number of hydrogen-bond donors (Lipinski definition) is 0. The van der Waals surface area contributed by atoms with Gasteiger partial charge in [0.15, 0.2) is 0 Å². The lowest BCUT2D eigenvalue weighted by Crippen LogP contribution is -2.45. The molecule has 0 unspecified atom stereocenters. The molecule has 4 heteroatoms. The van der Waals surface area contributed by atoms with Crippen molar-refractivity contribution >= 4 is 10.0 Å². The molecule has 0 heterocycles. The van der Waals surface area contributed by atoms with Crippen LogP contribution in [0.1, 0.15) is 34.1 Å². The van der Waals surface area contributed by atoms with Gasteiger partial charge in [-0.2, -0.15) is 4.31 Å². The second kappa shape index (κ2) is 3.75. The average molecular weight is 193 g/mol. The zero-order valence-electron chi connectivity index (χ0n) is 8.59. The van der Waals surface area contributed by atoms with Gasteiger partial charge in [-0.1, -0.05) is 6.92 Å². The Balaban J connectivity index is 4.72. The maximum atomic E-state index is 11.4. The summed E-state index contributed by atoms with van der Waals surface area (Å²) in [5.74, 6) is 0.174. The summed E-state index contributed by atoms with van der Waals surface area (Å²) >= 11 is 0. The predicted octanol–water partition coefficient (Wildman–Crippen LogP) is 1.46. The highest BCUT2D eigenvalue weighted by Crippen LogP contribution is 2.19. The Kier molecular flexibility index (Phi) is 3.72. The van der Waals surface area contributed by atoms with Gasteiger partial charge < -0.3 is 0 Å². The summed E-state index contributed by atoms with van der Waals surface area (Å²) in [6.45, 7) is 7.51. The lowest BCUT2D eigenvalue weighted by Gasteiger charge is -2.33. The molecule has 0 aromatic rings. The number of rotatable bonds is 4. The average Bonchev–Trinajstić information content (AvgIpc) is 2.03. The van der Waals surface area contributed by atoms with Crippen LogP contribution in [0.15, 0.2) is 0 Å². The van der Waals surface area contributed by atoms with E-state index >= 15 is 0 Å². The monoisotopic (exact) mass is 193 g/mol. The van der Waals surface area contributed by atoms with Gasteiger partial charge >= 0.3 is 0 Å². The third kappa shape index (κ3) is 2.45. The fourth-order valence-electron chi connectivity index (χ4n) is 0.793. The van der Waals surface area contributed by atoms with E-state index in [9.17, 15) is 8.42 Å². The Morgan fingerprint density at radius 3 is 1.92 bits per heavy atom. The van der Waals surface area contributed by atoms with Crippen LogP contribution in [0.4, 0.5) is 0 Å². The lowest BCUT2D eigenvalue weighted by atomic mass is 10.0. The van der Waals surface area contributed by atoms with Crippen LogP contribution < -0.4 is 0 Å². The molecule has 0 aliphatic carbocycles. The Morgan fingerprint density at radius 1 is 1.25 bits per heavy atom. The van der Waals surface area contributed by atoms with E-state index in [-0.39, 0.29) is 11.3 Å². The molecular formula is C8H19NO2S. The number of sulfonamides is 1. The maximum absolute atomic E-state index is 11.4. The first kappa shape index (κ1) is 11.9. The normalized spacial score (nSPS) is 13.8. The SMILES string of the molecule is CCC(C)(C)N(C)S(=O)(=O)CC. The molecule has 0 atom stereocenters. The summed E-state index contributed by atoms with van der Waals surface area (Å²) < 4.78 is 24.3. The molecule has 0 saturated heterocycles. The minimum Gasteiger partial charge on any atom is -0.212 e. The van der Waals surface area contributed by atoms with Gasteiger partial charge in [0.25, 0.3) is 0 Å². The van der Waals surface area contributed by atoms with Crippen LogP contribution in [0.3, 0.4) is 0 Å². The van der Waals surface area contributed by atoms with Gasteiger partial charge in [0, 0.05) is 12.6 Å². The summed E-state index contributed by atoms with van der Waals surface area (Å²) in [7, 11) is -1.39. The van der Waals surface area contributed by atoms with Gasteiger partial charge in [0.05, 0.1) is 5.75 Å². The van der Waals surface area contributed by atoms with Crippen molar-refractivity contribution in [2.24, 2.45) is 0 Å². The van der Waals surface area contributed by atoms with Crippen LogP contribution in [-0.4, -0.2) is 31.1 Å². The van der Waals surface area contributed by atoms with Crippen molar-refractivity contribution in [3.63, 3.8) is 0 Å². The number of nitrogens with zero attached hydrogens (tertiary/aromatic N) is 1. The van der Waals surface area contributed by atoms with Gasteiger partial charge in [0.2, 0.25) is 10.0 Å². The third-order valence-electron chi connectivity index (χ3n) is 2.50. The fourth-order valence-corrected chi connectivity index (χ4v) is 2.06. The van der Waals surface area contributed by atoms with E-state index in [1.165, 1.54) is 4.31 Å². The van der Waals surface area contributed by atoms with Crippen molar-refractivity contribution in [2.45, 2.75) is 39.7 Å². The largest absolute Gasteiger partial charge is 0.214 e. The Labute approximate surface area is 75.8 Å². The Bertz CT molecular complexity index is 231. The summed E-state index contributed by atoms with van der Waals surface area (Å²) in [5.41, 5.74) is -0.269. The van der Waals surface area contributed by atoms with Crippen LogP contribution in [0.25, 0.3) is 0 Å². The van der Waals surface area contributed by atoms with Crippen molar-refractivity contribution in [1.82, 2.24) is 4.31 Å². The molecule has 0 fully saturated rings. The van der Waals surface area contributed by atoms with E-state index in [0.29, 0.717) is 0 Å². The topological polar surface area (TPSA) is 37.4 Å². The molecular weight excluding hydrogens is 174 g/mol. The highest BCUT2D eigenvalue weighted by atomic mass is 32.2. The lowest BCUT2D eigenvalue weighted by molar-refractivity contribution is 0.257. The first-order valence-corrected chi connectivity index (χ1v) is 5.85. The van der Waals surface area contributed by atoms with E-state index in [1.807, 2.05) is 20.8 Å². The minimum absolute atomic E-state index is 0.174. The summed E-state index contributed by atoms with van der Waals surface area (Å²) in [6.07, 6.45) is 0.822. The standard InChI is InChI=1S/C8H19NO2S/c1-6-8(3,4)9(5)12(10,11)7-2/h6-7H2,1-5H3. The first-order chi connectivity index (χ1) is 5.28. The second-order valence-electron chi connectivity index (χ2n) is 3.53. The van der Waals surface area contributed by atoms with E-state index in [2.05, 4.69) is 0 Å². The second-order valence-corrected chi connectivity index (χ2v) is 5.82. The molecule has 0 spiro atoms. The number of hydrogen-bond acceptors (Lipinski definition) is 2. The molecule has 0 aliphatic heterocycles. The molecule has 0 amide bonds. The molecule has 0 aliphatic rings. The summed E-state index contributed by atoms with van der Waals surface area (Å²) in [5, 5.41) is 0. The third-order valence-corrected chi connectivity index (χ3v) is 4.56. The van der Waals surface area contributed by atoms with Crippen LogP contribution in [0.2, 0.25) is 0 Å². The van der Waals surface area contributed by atoms with Crippen molar-refractivity contribution in [1.29, 1.82) is 0 Å². The van der Waals surface area contributed by atoms with Gasteiger partial charge in [-0.15, -0.1) is 0 Å². The van der Waals surface area contributed by atoms with Crippen LogP contribution in [0, 0.1) is 0 Å². The quantitative estimate of drug-likeness (QED) is 0.678. The van der Waals surface area contributed by atoms with Crippen molar-refractivity contribution in [2.75, 3.05) is 12.8 Å². The van der Waals surface area contributed by atoms with Crippen LogP contribution in [0.5, 0.6) is 0 Å². The van der Waals surface area contributed by atoms with Crippen molar-refractivity contribution < 1.29 is 8.42 Å². The molecule has 0 saturated carbocycles. The zero-order chi connectivity index (χ0) is 9.99. The van der Waals surface area contributed by atoms with E-state index in [0.717, 1.165) is 6.42 Å². The van der Waals surface area contributed by atoms with E-state index < -0.39 is 10.0 Å². The smallest absolute Gasteiger partial charge is 0.212 e. The molecule has 3 nitrogen and oxygen atoms in total. The minimum atomic E-state index is -3.03. The summed E-state index contributed by atoms with van der Waals surface area (Å²) in [6, 6.07) is 0. The highest BCUT2D eigenvalue weighted by Gasteiger charge is 2.29. The summed E-state index contributed by atoms with van der Waals surface area (Å²) in [4.78, 5) is 0. The van der Waals surface area contributed by atoms with Crippen LogP contribution >= 0.6 is 0 Å². The Morgan fingerprint density at radius 2 is 1.67 bits per heavy atom. The zero-order valence-corrected chi connectivity index (χ0v) is 9.40. The van der Waals surface area contributed by atoms with Crippen molar-refractivity contribution in [3.05, 3.63) is 0 Å². The molecule has 0 radical (unpaired) electrons.